The van der Waals surface area contributed by atoms with Gasteiger partial charge >= 0.3 is 0 Å². The lowest BCUT2D eigenvalue weighted by molar-refractivity contribution is 0.0872. The number of hydrogen-bond acceptors (Lipinski definition) is 4. The largest absolute Gasteiger partial charge is 0.265 e. The second kappa shape index (κ2) is 5.51. The Morgan fingerprint density at radius 3 is 2.28 bits per heavy atom. The van der Waals surface area contributed by atoms with Gasteiger partial charge in [0.1, 0.15) is 0 Å². The summed E-state index contributed by atoms with van der Waals surface area (Å²) in [7, 11) is -3.68. The first-order chi connectivity index (χ1) is 8.29. The van der Waals surface area contributed by atoms with Gasteiger partial charge in [0.2, 0.25) is 0 Å². The Labute approximate surface area is 108 Å². The van der Waals surface area contributed by atoms with Crippen LogP contribution in [-0.4, -0.2) is 20.3 Å². The summed E-state index contributed by atoms with van der Waals surface area (Å²) in [6, 6.07) is 11.3. The van der Waals surface area contributed by atoms with E-state index in [4.69, 9.17) is 4.18 Å². The first-order valence-corrected chi connectivity index (χ1v) is 7.46. The molecule has 0 aliphatic carbocycles. The van der Waals surface area contributed by atoms with E-state index in [0.29, 0.717) is 0 Å². The molecule has 18 heavy (non-hydrogen) atoms. The van der Waals surface area contributed by atoms with Crippen molar-refractivity contribution in [3.8, 4) is 6.07 Å². The molecule has 1 aromatic carbocycles. The predicted molar refractivity (Wildman–Crippen MR) is 69.3 cm³/mol. The second-order valence-corrected chi connectivity index (χ2v) is 6.18. The molecule has 0 aliphatic rings. The van der Waals surface area contributed by atoms with Gasteiger partial charge in [0, 0.05) is 6.42 Å². The van der Waals surface area contributed by atoms with Gasteiger partial charge in [0.15, 0.2) is 5.60 Å². The molecule has 4 nitrogen and oxygen atoms in total. The Balaban J connectivity index is 3.10. The highest BCUT2D eigenvalue weighted by Crippen LogP contribution is 2.27. The number of benzene rings is 1. The summed E-state index contributed by atoms with van der Waals surface area (Å²) in [6.07, 6.45) is 1.21. The van der Waals surface area contributed by atoms with Crippen molar-refractivity contribution in [3.05, 3.63) is 35.9 Å². The summed E-state index contributed by atoms with van der Waals surface area (Å²) < 4.78 is 27.7. The smallest absolute Gasteiger partial charge is 0.248 e. The van der Waals surface area contributed by atoms with E-state index in [1.807, 2.05) is 36.4 Å². The Kier molecular flexibility index (Phi) is 4.49. The van der Waals surface area contributed by atoms with Crippen LogP contribution >= 0.6 is 0 Å². The van der Waals surface area contributed by atoms with Gasteiger partial charge in [-0.3, -0.25) is 0 Å². The van der Waals surface area contributed by atoms with Crippen molar-refractivity contribution in [2.45, 2.75) is 25.9 Å². The van der Waals surface area contributed by atoms with Crippen LogP contribution < -0.4 is 0 Å². The number of rotatable bonds is 5. The predicted octanol–water partition coefficient (Wildman–Crippen LogP) is 2.12. The highest BCUT2D eigenvalue weighted by molar-refractivity contribution is 7.86. The third kappa shape index (κ3) is 3.83. The molecule has 0 aliphatic heterocycles. The van der Waals surface area contributed by atoms with Crippen LogP contribution in [0.1, 0.15) is 19.4 Å². The van der Waals surface area contributed by atoms with Gasteiger partial charge in [0.05, 0.1) is 12.3 Å². The average molecular weight is 267 g/mol. The van der Waals surface area contributed by atoms with E-state index in [1.165, 1.54) is 0 Å². The molecular weight excluding hydrogens is 250 g/mol. The lowest BCUT2D eigenvalue weighted by atomic mass is 9.86. The number of nitriles is 1. The third-order valence-corrected chi connectivity index (χ3v) is 3.33. The van der Waals surface area contributed by atoms with Crippen LogP contribution in [0.15, 0.2) is 30.3 Å². The summed E-state index contributed by atoms with van der Waals surface area (Å²) in [6.45, 7) is 3.55. The van der Waals surface area contributed by atoms with E-state index in [9.17, 15) is 13.7 Å². The van der Waals surface area contributed by atoms with Crippen molar-refractivity contribution < 1.29 is 12.6 Å². The van der Waals surface area contributed by atoms with Gasteiger partial charge in [-0.15, -0.1) is 0 Å². The molecule has 0 saturated heterocycles. The van der Waals surface area contributed by atoms with Crippen LogP contribution in [0.25, 0.3) is 0 Å². The fourth-order valence-electron chi connectivity index (χ4n) is 1.69. The van der Waals surface area contributed by atoms with Gasteiger partial charge in [-0.25, -0.2) is 4.18 Å². The molecule has 0 heterocycles. The van der Waals surface area contributed by atoms with E-state index in [-0.39, 0.29) is 12.3 Å². The maximum atomic E-state index is 11.3. The molecule has 0 fully saturated rings. The van der Waals surface area contributed by atoms with E-state index in [2.05, 4.69) is 0 Å². The molecule has 0 saturated carbocycles. The Hall–Kier alpha value is -1.38. The first kappa shape index (κ1) is 14.7. The molecule has 0 bridgehead atoms. The summed E-state index contributed by atoms with van der Waals surface area (Å²) in [5.74, 6) is -0.238. The van der Waals surface area contributed by atoms with Gasteiger partial charge in [-0.2, -0.15) is 13.7 Å². The fourth-order valence-corrected chi connectivity index (χ4v) is 2.52. The Morgan fingerprint density at radius 2 is 1.89 bits per heavy atom. The Bertz CT molecular complexity index is 531. The number of hydrogen-bond donors (Lipinski definition) is 0. The topological polar surface area (TPSA) is 67.2 Å². The zero-order valence-electron chi connectivity index (χ0n) is 10.8. The summed E-state index contributed by atoms with van der Waals surface area (Å²) >= 11 is 0. The van der Waals surface area contributed by atoms with Gasteiger partial charge in [0.25, 0.3) is 10.1 Å². The van der Waals surface area contributed by atoms with Crippen molar-refractivity contribution in [1.82, 2.24) is 0 Å². The minimum absolute atomic E-state index is 0.238. The molecule has 98 valence electrons. The fraction of sp³-hybridized carbons (Fsp3) is 0.462. The SMILES string of the molecule is CC(C)[C@](C#N)(Cc1ccccc1)OS(C)(=O)=O. The summed E-state index contributed by atoms with van der Waals surface area (Å²) in [5.41, 5.74) is -0.481. The molecule has 1 atom stereocenters. The minimum atomic E-state index is -3.68. The van der Waals surface area contributed by atoms with Gasteiger partial charge < -0.3 is 0 Å². The van der Waals surface area contributed by atoms with Crippen molar-refractivity contribution in [2.24, 2.45) is 5.92 Å². The van der Waals surface area contributed by atoms with E-state index in [1.54, 1.807) is 13.8 Å². The van der Waals surface area contributed by atoms with Crippen LogP contribution in [0.5, 0.6) is 0 Å². The average Bonchev–Trinajstić information content (AvgIpc) is 2.27. The normalized spacial score (nSPS) is 15.1. The molecule has 1 rings (SSSR count). The summed E-state index contributed by atoms with van der Waals surface area (Å²) in [5, 5.41) is 9.33. The molecule has 0 aromatic heterocycles. The zero-order valence-corrected chi connectivity index (χ0v) is 11.6. The molecule has 5 heteroatoms. The molecular formula is C13H17NO3S. The highest BCUT2D eigenvalue weighted by atomic mass is 32.2. The summed E-state index contributed by atoms with van der Waals surface area (Å²) in [4.78, 5) is 0. The standard InChI is InChI=1S/C13H17NO3S/c1-11(2)13(10-14,17-18(3,15)16)9-12-7-5-4-6-8-12/h4-8,11H,9H2,1-3H3/t13-/m1/s1. The van der Waals surface area contributed by atoms with Crippen LogP contribution in [0.2, 0.25) is 0 Å². The van der Waals surface area contributed by atoms with Crippen molar-refractivity contribution in [2.75, 3.05) is 6.26 Å². The van der Waals surface area contributed by atoms with Crippen LogP contribution in [-0.2, 0) is 20.7 Å². The molecule has 0 radical (unpaired) electrons. The first-order valence-electron chi connectivity index (χ1n) is 5.65. The second-order valence-electron chi connectivity index (χ2n) is 4.61. The third-order valence-electron chi connectivity index (χ3n) is 2.73. The molecule has 0 spiro atoms. The minimum Gasteiger partial charge on any atom is -0.248 e. The highest BCUT2D eigenvalue weighted by Gasteiger charge is 2.39. The van der Waals surface area contributed by atoms with E-state index < -0.39 is 15.7 Å². The lowest BCUT2D eigenvalue weighted by Gasteiger charge is -2.29. The quantitative estimate of drug-likeness (QED) is 0.766. The Morgan fingerprint density at radius 1 is 1.33 bits per heavy atom. The van der Waals surface area contributed by atoms with Crippen LogP contribution in [0.4, 0.5) is 0 Å². The number of nitrogens with zero attached hydrogens (tertiary/aromatic N) is 1. The van der Waals surface area contributed by atoms with Gasteiger partial charge in [-0.05, 0) is 11.5 Å². The maximum absolute atomic E-state index is 11.3. The molecule has 1 aromatic rings. The van der Waals surface area contributed by atoms with E-state index >= 15 is 0 Å². The van der Waals surface area contributed by atoms with Crippen molar-refractivity contribution in [3.63, 3.8) is 0 Å². The van der Waals surface area contributed by atoms with Crippen LogP contribution in [0, 0.1) is 17.2 Å². The van der Waals surface area contributed by atoms with Crippen molar-refractivity contribution >= 4 is 10.1 Å². The molecule has 0 amide bonds. The van der Waals surface area contributed by atoms with Crippen molar-refractivity contribution in [1.29, 1.82) is 5.26 Å². The molecule has 0 N–H and O–H groups in total. The monoisotopic (exact) mass is 267 g/mol. The lowest BCUT2D eigenvalue weighted by Crippen LogP contribution is -2.41. The maximum Gasteiger partial charge on any atom is 0.265 e. The molecule has 0 unspecified atom stereocenters. The zero-order chi connectivity index (χ0) is 13.8. The van der Waals surface area contributed by atoms with Crippen LogP contribution in [0.3, 0.4) is 0 Å². The van der Waals surface area contributed by atoms with E-state index in [0.717, 1.165) is 11.8 Å². The van der Waals surface area contributed by atoms with Gasteiger partial charge in [-0.1, -0.05) is 44.2 Å².